The molecular formula is C25H29F3N2O. The molecule has 2 aromatic rings. The molecule has 2 saturated heterocycles. The zero-order chi connectivity index (χ0) is 22.2. The fourth-order valence-corrected chi connectivity index (χ4v) is 5.04. The van der Waals surface area contributed by atoms with Gasteiger partial charge in [0.1, 0.15) is 0 Å². The van der Waals surface area contributed by atoms with Crippen molar-refractivity contribution in [1.29, 1.82) is 0 Å². The first-order valence-electron chi connectivity index (χ1n) is 11.1. The minimum absolute atomic E-state index is 0.0328. The summed E-state index contributed by atoms with van der Waals surface area (Å²) in [7, 11) is 0. The van der Waals surface area contributed by atoms with E-state index in [1.165, 1.54) is 38.1 Å². The second-order valence-corrected chi connectivity index (χ2v) is 8.83. The minimum atomic E-state index is -4.38. The smallest absolute Gasteiger partial charge is 0.339 e. The Kier molecular flexibility index (Phi) is 6.11. The van der Waals surface area contributed by atoms with Gasteiger partial charge in [-0.3, -0.25) is 4.79 Å². The SMILES string of the molecule is Cc1cc(-c2cccc(C(F)(F)F)c2)cc(C)c1C(=O)N1CCC(N2CCCC2)CC1. The molecule has 0 aromatic heterocycles. The summed E-state index contributed by atoms with van der Waals surface area (Å²) >= 11 is 0. The molecule has 0 N–H and O–H groups in total. The lowest BCUT2D eigenvalue weighted by Crippen LogP contribution is -2.46. The Balaban J connectivity index is 1.52. The monoisotopic (exact) mass is 430 g/mol. The van der Waals surface area contributed by atoms with Crippen LogP contribution in [0.5, 0.6) is 0 Å². The summed E-state index contributed by atoms with van der Waals surface area (Å²) in [5.74, 6) is 0.0328. The van der Waals surface area contributed by atoms with Crippen LogP contribution in [0, 0.1) is 13.8 Å². The average molecular weight is 431 g/mol. The van der Waals surface area contributed by atoms with Crippen molar-refractivity contribution in [1.82, 2.24) is 9.80 Å². The van der Waals surface area contributed by atoms with E-state index in [1.807, 2.05) is 30.9 Å². The number of aryl methyl sites for hydroxylation is 2. The van der Waals surface area contributed by atoms with Crippen LogP contribution >= 0.6 is 0 Å². The van der Waals surface area contributed by atoms with E-state index in [0.29, 0.717) is 22.7 Å². The normalized spacial score (nSPS) is 18.5. The number of amides is 1. The Morgan fingerprint density at radius 1 is 0.903 bits per heavy atom. The minimum Gasteiger partial charge on any atom is -0.339 e. The van der Waals surface area contributed by atoms with E-state index in [1.54, 1.807) is 6.07 Å². The van der Waals surface area contributed by atoms with Gasteiger partial charge in [0.15, 0.2) is 0 Å². The highest BCUT2D eigenvalue weighted by molar-refractivity contribution is 5.98. The number of piperidine rings is 1. The number of hydrogen-bond donors (Lipinski definition) is 0. The van der Waals surface area contributed by atoms with Gasteiger partial charge in [0.25, 0.3) is 5.91 Å². The van der Waals surface area contributed by atoms with Crippen molar-refractivity contribution in [2.45, 2.75) is 51.7 Å². The number of rotatable bonds is 3. The molecule has 2 aliphatic heterocycles. The molecule has 2 aromatic carbocycles. The van der Waals surface area contributed by atoms with Crippen molar-refractivity contribution in [3.8, 4) is 11.1 Å². The highest BCUT2D eigenvalue weighted by atomic mass is 19.4. The van der Waals surface area contributed by atoms with Crippen LogP contribution in [0.25, 0.3) is 11.1 Å². The number of likely N-dealkylation sites (tertiary alicyclic amines) is 2. The van der Waals surface area contributed by atoms with E-state index in [9.17, 15) is 18.0 Å². The van der Waals surface area contributed by atoms with Gasteiger partial charge < -0.3 is 9.80 Å². The van der Waals surface area contributed by atoms with Crippen LogP contribution in [0.4, 0.5) is 13.2 Å². The van der Waals surface area contributed by atoms with Crippen LogP contribution in [0.15, 0.2) is 36.4 Å². The van der Waals surface area contributed by atoms with Crippen LogP contribution in [0.1, 0.15) is 52.7 Å². The molecule has 4 rings (SSSR count). The molecule has 6 heteroatoms. The number of carbonyl (C=O) groups excluding carboxylic acids is 1. The second kappa shape index (κ2) is 8.65. The van der Waals surface area contributed by atoms with E-state index in [2.05, 4.69) is 4.90 Å². The van der Waals surface area contributed by atoms with Gasteiger partial charge in [-0.05, 0) is 87.0 Å². The molecule has 166 valence electrons. The van der Waals surface area contributed by atoms with Crippen molar-refractivity contribution in [2.75, 3.05) is 26.2 Å². The molecule has 0 unspecified atom stereocenters. The molecule has 0 saturated carbocycles. The van der Waals surface area contributed by atoms with Gasteiger partial charge in [0.2, 0.25) is 0 Å². The summed E-state index contributed by atoms with van der Waals surface area (Å²) in [6, 6.07) is 9.57. The summed E-state index contributed by atoms with van der Waals surface area (Å²) in [6.45, 7) is 7.60. The summed E-state index contributed by atoms with van der Waals surface area (Å²) in [4.78, 5) is 17.8. The molecule has 2 aliphatic rings. The largest absolute Gasteiger partial charge is 0.416 e. The van der Waals surface area contributed by atoms with Crippen molar-refractivity contribution in [2.24, 2.45) is 0 Å². The van der Waals surface area contributed by atoms with Crippen molar-refractivity contribution < 1.29 is 18.0 Å². The molecule has 0 aliphatic carbocycles. The molecule has 0 atom stereocenters. The number of alkyl halides is 3. The third kappa shape index (κ3) is 4.64. The Labute approximate surface area is 181 Å². The molecular weight excluding hydrogens is 401 g/mol. The fourth-order valence-electron chi connectivity index (χ4n) is 5.04. The molecule has 0 spiro atoms. The van der Waals surface area contributed by atoms with Crippen LogP contribution in [0.3, 0.4) is 0 Å². The van der Waals surface area contributed by atoms with Gasteiger partial charge in [-0.15, -0.1) is 0 Å². The highest BCUT2D eigenvalue weighted by Crippen LogP contribution is 2.33. The molecule has 31 heavy (non-hydrogen) atoms. The Morgan fingerprint density at radius 2 is 1.52 bits per heavy atom. The zero-order valence-electron chi connectivity index (χ0n) is 18.1. The van der Waals surface area contributed by atoms with E-state index in [0.717, 1.165) is 43.1 Å². The van der Waals surface area contributed by atoms with Crippen molar-refractivity contribution in [3.05, 3.63) is 58.7 Å². The van der Waals surface area contributed by atoms with Gasteiger partial charge >= 0.3 is 6.18 Å². The van der Waals surface area contributed by atoms with Gasteiger partial charge in [0, 0.05) is 24.7 Å². The number of halogens is 3. The Hall–Kier alpha value is -2.34. The van der Waals surface area contributed by atoms with E-state index >= 15 is 0 Å². The second-order valence-electron chi connectivity index (χ2n) is 8.83. The molecule has 2 heterocycles. The maximum atomic E-state index is 13.3. The van der Waals surface area contributed by atoms with Crippen LogP contribution in [-0.2, 0) is 6.18 Å². The number of hydrogen-bond acceptors (Lipinski definition) is 2. The number of nitrogens with zero attached hydrogens (tertiary/aromatic N) is 2. The molecule has 0 bridgehead atoms. The maximum Gasteiger partial charge on any atom is 0.416 e. The van der Waals surface area contributed by atoms with Gasteiger partial charge in [-0.1, -0.05) is 24.3 Å². The maximum absolute atomic E-state index is 13.3. The zero-order valence-corrected chi connectivity index (χ0v) is 18.1. The van der Waals surface area contributed by atoms with Crippen LogP contribution in [-0.4, -0.2) is 47.9 Å². The highest BCUT2D eigenvalue weighted by Gasteiger charge is 2.31. The predicted molar refractivity (Wildman–Crippen MR) is 116 cm³/mol. The van der Waals surface area contributed by atoms with Crippen molar-refractivity contribution >= 4 is 5.91 Å². The third-order valence-corrected chi connectivity index (χ3v) is 6.68. The molecule has 0 radical (unpaired) electrons. The number of benzene rings is 2. The van der Waals surface area contributed by atoms with Crippen LogP contribution < -0.4 is 0 Å². The topological polar surface area (TPSA) is 23.6 Å². The summed E-state index contributed by atoms with van der Waals surface area (Å²) in [5.41, 5.74) is 2.83. The Morgan fingerprint density at radius 3 is 2.10 bits per heavy atom. The number of carbonyl (C=O) groups is 1. The summed E-state index contributed by atoms with van der Waals surface area (Å²) in [6.07, 6.45) is 0.182. The van der Waals surface area contributed by atoms with E-state index in [4.69, 9.17) is 0 Å². The molecule has 1 amide bonds. The van der Waals surface area contributed by atoms with Crippen LogP contribution in [0.2, 0.25) is 0 Å². The first-order valence-corrected chi connectivity index (χ1v) is 11.1. The fraction of sp³-hybridized carbons (Fsp3) is 0.480. The summed E-state index contributed by atoms with van der Waals surface area (Å²) in [5, 5.41) is 0. The Bertz CT molecular complexity index is 932. The molecule has 3 nitrogen and oxygen atoms in total. The van der Waals surface area contributed by atoms with E-state index < -0.39 is 11.7 Å². The van der Waals surface area contributed by atoms with E-state index in [-0.39, 0.29) is 5.91 Å². The van der Waals surface area contributed by atoms with Gasteiger partial charge in [-0.25, -0.2) is 0 Å². The summed E-state index contributed by atoms with van der Waals surface area (Å²) < 4.78 is 39.3. The lowest BCUT2D eigenvalue weighted by Gasteiger charge is -2.37. The standard InChI is InChI=1S/C25H29F3N2O/c1-17-14-20(19-6-5-7-21(16-19)25(26,27)28)15-18(2)23(17)24(31)30-12-8-22(9-13-30)29-10-3-4-11-29/h5-7,14-16,22H,3-4,8-13H2,1-2H3. The average Bonchev–Trinajstić information content (AvgIpc) is 3.27. The van der Waals surface area contributed by atoms with Crippen molar-refractivity contribution in [3.63, 3.8) is 0 Å². The predicted octanol–water partition coefficient (Wildman–Crippen LogP) is 5.69. The van der Waals surface area contributed by atoms with Gasteiger partial charge in [0.05, 0.1) is 5.56 Å². The first-order chi connectivity index (χ1) is 14.7. The lowest BCUT2D eigenvalue weighted by molar-refractivity contribution is -0.137. The lowest BCUT2D eigenvalue weighted by atomic mass is 9.93. The third-order valence-electron chi connectivity index (χ3n) is 6.68. The molecule has 2 fully saturated rings. The quantitative estimate of drug-likeness (QED) is 0.625. The van der Waals surface area contributed by atoms with Gasteiger partial charge in [-0.2, -0.15) is 13.2 Å². The first kappa shape index (κ1) is 21.9.